The van der Waals surface area contributed by atoms with E-state index in [1.807, 2.05) is 6.92 Å². The summed E-state index contributed by atoms with van der Waals surface area (Å²) >= 11 is 3.25. The van der Waals surface area contributed by atoms with Gasteiger partial charge in [-0.1, -0.05) is 15.9 Å². The average Bonchev–Trinajstić information content (AvgIpc) is 2.36. The summed E-state index contributed by atoms with van der Waals surface area (Å²) in [5, 5.41) is 0. The van der Waals surface area contributed by atoms with E-state index in [-0.39, 0.29) is 17.6 Å². The summed E-state index contributed by atoms with van der Waals surface area (Å²) in [6.07, 6.45) is 0.447. The minimum Gasteiger partial charge on any atom is -0.454 e. The Morgan fingerprint density at radius 2 is 1.90 bits per heavy atom. The van der Waals surface area contributed by atoms with E-state index in [9.17, 15) is 8.78 Å². The monoisotopic (exact) mass is 341 g/mol. The third-order valence-electron chi connectivity index (χ3n) is 2.68. The molecule has 0 aliphatic carbocycles. The van der Waals surface area contributed by atoms with E-state index in [1.165, 1.54) is 30.3 Å². The van der Waals surface area contributed by atoms with E-state index in [1.54, 1.807) is 6.07 Å². The second-order valence-corrected chi connectivity index (χ2v) is 5.53. The zero-order valence-electron chi connectivity index (χ0n) is 10.9. The van der Waals surface area contributed by atoms with Gasteiger partial charge in [0.1, 0.15) is 11.6 Å². The molecule has 0 saturated heterocycles. The molecule has 1 unspecified atom stereocenters. The number of nitrogens with two attached hydrogens (primary N) is 1. The van der Waals surface area contributed by atoms with Crippen LogP contribution in [0.5, 0.6) is 11.5 Å². The molecule has 2 nitrogen and oxygen atoms in total. The van der Waals surface area contributed by atoms with Gasteiger partial charge < -0.3 is 10.5 Å². The largest absolute Gasteiger partial charge is 0.454 e. The predicted molar refractivity (Wildman–Crippen MR) is 77.9 cm³/mol. The molecule has 5 heteroatoms. The summed E-state index contributed by atoms with van der Waals surface area (Å²) in [7, 11) is 0. The van der Waals surface area contributed by atoms with Gasteiger partial charge in [-0.15, -0.1) is 0 Å². The van der Waals surface area contributed by atoms with Crippen LogP contribution in [-0.2, 0) is 6.42 Å². The Labute approximate surface area is 124 Å². The van der Waals surface area contributed by atoms with Crippen LogP contribution in [0.3, 0.4) is 0 Å². The van der Waals surface area contributed by atoms with E-state index in [0.717, 1.165) is 0 Å². The molecule has 20 heavy (non-hydrogen) atoms. The molecule has 0 spiro atoms. The fraction of sp³-hybridized carbons (Fsp3) is 0.200. The van der Waals surface area contributed by atoms with Crippen LogP contribution in [0, 0.1) is 11.6 Å². The Morgan fingerprint density at radius 3 is 2.60 bits per heavy atom. The Hall–Kier alpha value is -1.46. The summed E-state index contributed by atoms with van der Waals surface area (Å²) < 4.78 is 33.2. The van der Waals surface area contributed by atoms with Gasteiger partial charge in [-0.2, -0.15) is 0 Å². The molecule has 106 valence electrons. The predicted octanol–water partition coefficient (Wildman–Crippen LogP) is 4.41. The SMILES string of the molecule is CC(N)Cc1cc(F)ccc1Oc1cc(Br)ccc1F. The summed E-state index contributed by atoms with van der Waals surface area (Å²) in [6, 6.07) is 8.36. The van der Waals surface area contributed by atoms with E-state index < -0.39 is 5.82 Å². The first-order chi connectivity index (χ1) is 9.45. The van der Waals surface area contributed by atoms with Crippen LogP contribution in [0.15, 0.2) is 40.9 Å². The highest BCUT2D eigenvalue weighted by Crippen LogP contribution is 2.30. The average molecular weight is 342 g/mol. The maximum atomic E-state index is 13.7. The highest BCUT2D eigenvalue weighted by molar-refractivity contribution is 9.10. The Kier molecular flexibility index (Phi) is 4.73. The van der Waals surface area contributed by atoms with Gasteiger partial charge in [0.05, 0.1) is 0 Å². The Balaban J connectivity index is 2.35. The molecule has 0 aromatic heterocycles. The first-order valence-electron chi connectivity index (χ1n) is 6.12. The van der Waals surface area contributed by atoms with Crippen molar-refractivity contribution in [1.29, 1.82) is 0 Å². The van der Waals surface area contributed by atoms with Crippen LogP contribution in [0.4, 0.5) is 8.78 Å². The topological polar surface area (TPSA) is 35.2 Å². The molecule has 2 N–H and O–H groups in total. The van der Waals surface area contributed by atoms with Crippen molar-refractivity contribution in [2.45, 2.75) is 19.4 Å². The van der Waals surface area contributed by atoms with E-state index in [4.69, 9.17) is 10.5 Å². The van der Waals surface area contributed by atoms with Crippen molar-refractivity contribution in [3.63, 3.8) is 0 Å². The summed E-state index contributed by atoms with van der Waals surface area (Å²) in [6.45, 7) is 1.81. The van der Waals surface area contributed by atoms with E-state index >= 15 is 0 Å². The minimum absolute atomic E-state index is 0.0805. The lowest BCUT2D eigenvalue weighted by Gasteiger charge is -2.13. The highest BCUT2D eigenvalue weighted by atomic mass is 79.9. The number of hydrogen-bond donors (Lipinski definition) is 1. The molecule has 0 fully saturated rings. The minimum atomic E-state index is -0.482. The smallest absolute Gasteiger partial charge is 0.165 e. The first kappa shape index (κ1) is 14.9. The van der Waals surface area contributed by atoms with Gasteiger partial charge >= 0.3 is 0 Å². The zero-order chi connectivity index (χ0) is 14.7. The van der Waals surface area contributed by atoms with Crippen LogP contribution in [0.1, 0.15) is 12.5 Å². The van der Waals surface area contributed by atoms with Gasteiger partial charge in [0, 0.05) is 10.5 Å². The number of ether oxygens (including phenoxy) is 1. The van der Waals surface area contributed by atoms with Crippen LogP contribution in [-0.4, -0.2) is 6.04 Å². The van der Waals surface area contributed by atoms with Gasteiger partial charge in [0.25, 0.3) is 0 Å². The molecule has 0 aliphatic heterocycles. The van der Waals surface area contributed by atoms with Crippen molar-refractivity contribution in [3.8, 4) is 11.5 Å². The van der Waals surface area contributed by atoms with Crippen molar-refractivity contribution in [2.75, 3.05) is 0 Å². The van der Waals surface area contributed by atoms with Gasteiger partial charge in [-0.05, 0) is 55.3 Å². The molecule has 0 amide bonds. The summed E-state index contributed by atoms with van der Waals surface area (Å²) in [5.41, 5.74) is 6.34. The van der Waals surface area contributed by atoms with Gasteiger partial charge in [0.15, 0.2) is 11.6 Å². The molecule has 2 aromatic carbocycles. The fourth-order valence-corrected chi connectivity index (χ4v) is 2.17. The van der Waals surface area contributed by atoms with Crippen LogP contribution >= 0.6 is 15.9 Å². The standard InChI is InChI=1S/C15H14BrF2NO/c1-9(19)6-10-7-12(17)3-5-14(10)20-15-8-11(16)2-4-13(15)18/h2-5,7-9H,6,19H2,1H3. The van der Waals surface area contributed by atoms with Crippen molar-refractivity contribution >= 4 is 15.9 Å². The quantitative estimate of drug-likeness (QED) is 0.893. The van der Waals surface area contributed by atoms with Crippen molar-refractivity contribution in [2.24, 2.45) is 5.73 Å². The third kappa shape index (κ3) is 3.77. The van der Waals surface area contributed by atoms with Crippen LogP contribution in [0.2, 0.25) is 0 Å². The fourth-order valence-electron chi connectivity index (χ4n) is 1.83. The van der Waals surface area contributed by atoms with Crippen molar-refractivity contribution in [3.05, 3.63) is 58.1 Å². The maximum Gasteiger partial charge on any atom is 0.165 e. The molecule has 0 heterocycles. The second kappa shape index (κ2) is 6.33. The second-order valence-electron chi connectivity index (χ2n) is 4.61. The van der Waals surface area contributed by atoms with Gasteiger partial charge in [0.2, 0.25) is 0 Å². The van der Waals surface area contributed by atoms with E-state index in [2.05, 4.69) is 15.9 Å². The molecular weight excluding hydrogens is 328 g/mol. The number of hydrogen-bond acceptors (Lipinski definition) is 2. The van der Waals surface area contributed by atoms with Crippen LogP contribution in [0.25, 0.3) is 0 Å². The highest BCUT2D eigenvalue weighted by Gasteiger charge is 2.11. The lowest BCUT2D eigenvalue weighted by molar-refractivity contribution is 0.434. The lowest BCUT2D eigenvalue weighted by Crippen LogP contribution is -2.18. The van der Waals surface area contributed by atoms with Crippen molar-refractivity contribution < 1.29 is 13.5 Å². The molecular formula is C15H14BrF2NO. The lowest BCUT2D eigenvalue weighted by atomic mass is 10.1. The van der Waals surface area contributed by atoms with Crippen LogP contribution < -0.4 is 10.5 Å². The Morgan fingerprint density at radius 1 is 1.15 bits per heavy atom. The van der Waals surface area contributed by atoms with Crippen molar-refractivity contribution in [1.82, 2.24) is 0 Å². The molecule has 2 rings (SSSR count). The first-order valence-corrected chi connectivity index (χ1v) is 6.92. The van der Waals surface area contributed by atoms with E-state index in [0.29, 0.717) is 22.2 Å². The number of benzene rings is 2. The molecule has 1 atom stereocenters. The molecule has 0 bridgehead atoms. The molecule has 0 radical (unpaired) electrons. The number of halogens is 3. The molecule has 0 aliphatic rings. The molecule has 0 saturated carbocycles. The van der Waals surface area contributed by atoms with Gasteiger partial charge in [-0.3, -0.25) is 0 Å². The maximum absolute atomic E-state index is 13.7. The summed E-state index contributed by atoms with van der Waals surface area (Å²) in [4.78, 5) is 0. The normalized spacial score (nSPS) is 12.2. The summed E-state index contributed by atoms with van der Waals surface area (Å²) in [5.74, 6) is -0.371. The number of rotatable bonds is 4. The third-order valence-corrected chi connectivity index (χ3v) is 3.17. The zero-order valence-corrected chi connectivity index (χ0v) is 12.5. The molecule has 2 aromatic rings. The Bertz CT molecular complexity index is 617. The van der Waals surface area contributed by atoms with Gasteiger partial charge in [-0.25, -0.2) is 8.78 Å².